The maximum absolute atomic E-state index is 12.1. The summed E-state index contributed by atoms with van der Waals surface area (Å²) in [5.74, 6) is 0.515. The smallest absolute Gasteiger partial charge is 0.189 e. The molecular formula is C16H14O3. The number of aromatic hydroxyl groups is 1. The van der Waals surface area contributed by atoms with E-state index in [1.165, 1.54) is 13.2 Å². The van der Waals surface area contributed by atoms with Crippen molar-refractivity contribution in [2.45, 2.75) is 0 Å². The molecule has 0 aliphatic rings. The minimum Gasteiger partial charge on any atom is -0.507 e. The highest BCUT2D eigenvalue weighted by Gasteiger charge is 2.08. The van der Waals surface area contributed by atoms with E-state index in [0.29, 0.717) is 16.9 Å². The Kier molecular flexibility index (Phi) is 3.98. The molecule has 0 spiro atoms. The van der Waals surface area contributed by atoms with Gasteiger partial charge < -0.3 is 9.84 Å². The number of allylic oxidation sites excluding steroid dienone is 1. The Bertz CT molecular complexity index is 615. The van der Waals surface area contributed by atoms with Crippen LogP contribution in [0, 0.1) is 0 Å². The SMILES string of the molecule is COc1ccccc1C(=O)C=Cc1ccccc1O. The molecular weight excluding hydrogens is 240 g/mol. The van der Waals surface area contributed by atoms with Crippen LogP contribution >= 0.6 is 0 Å². The lowest BCUT2D eigenvalue weighted by atomic mass is 10.1. The first-order valence-electron chi connectivity index (χ1n) is 5.86. The molecule has 2 aromatic rings. The molecule has 3 nitrogen and oxygen atoms in total. The molecule has 1 N–H and O–H groups in total. The zero-order chi connectivity index (χ0) is 13.7. The number of rotatable bonds is 4. The average Bonchev–Trinajstić information content (AvgIpc) is 2.46. The molecule has 0 radical (unpaired) electrons. The molecule has 0 atom stereocenters. The van der Waals surface area contributed by atoms with E-state index >= 15 is 0 Å². The fraction of sp³-hybridized carbons (Fsp3) is 0.0625. The maximum atomic E-state index is 12.1. The number of phenolic OH excluding ortho intramolecular Hbond substituents is 1. The van der Waals surface area contributed by atoms with E-state index in [9.17, 15) is 9.90 Å². The van der Waals surface area contributed by atoms with E-state index in [1.54, 1.807) is 48.5 Å². The van der Waals surface area contributed by atoms with Gasteiger partial charge in [0.05, 0.1) is 12.7 Å². The summed E-state index contributed by atoms with van der Waals surface area (Å²) in [4.78, 5) is 12.1. The summed E-state index contributed by atoms with van der Waals surface area (Å²) in [7, 11) is 1.53. The number of carbonyl (C=O) groups is 1. The Morgan fingerprint density at radius 2 is 1.79 bits per heavy atom. The Morgan fingerprint density at radius 1 is 1.11 bits per heavy atom. The topological polar surface area (TPSA) is 46.5 Å². The lowest BCUT2D eigenvalue weighted by molar-refractivity contribution is 0.104. The highest BCUT2D eigenvalue weighted by molar-refractivity contribution is 6.08. The van der Waals surface area contributed by atoms with Gasteiger partial charge in [0.2, 0.25) is 0 Å². The summed E-state index contributed by atoms with van der Waals surface area (Å²) in [5.41, 5.74) is 1.10. The van der Waals surface area contributed by atoms with Gasteiger partial charge in [0.15, 0.2) is 5.78 Å². The number of carbonyl (C=O) groups excluding carboxylic acids is 1. The van der Waals surface area contributed by atoms with Crippen LogP contribution in [0.5, 0.6) is 11.5 Å². The highest BCUT2D eigenvalue weighted by Crippen LogP contribution is 2.20. The summed E-state index contributed by atoms with van der Waals surface area (Å²) >= 11 is 0. The third kappa shape index (κ3) is 3.01. The summed E-state index contributed by atoms with van der Waals surface area (Å²) in [6.07, 6.45) is 3.01. The fourth-order valence-electron chi connectivity index (χ4n) is 1.73. The third-order valence-corrected chi connectivity index (χ3v) is 2.72. The minimum atomic E-state index is -0.166. The first-order valence-corrected chi connectivity index (χ1v) is 5.86. The molecule has 2 rings (SSSR count). The number of ether oxygens (including phenoxy) is 1. The van der Waals surface area contributed by atoms with Crippen LogP contribution in [0.15, 0.2) is 54.6 Å². The quantitative estimate of drug-likeness (QED) is 0.672. The van der Waals surface area contributed by atoms with Gasteiger partial charge >= 0.3 is 0 Å². The largest absolute Gasteiger partial charge is 0.507 e. The molecule has 0 unspecified atom stereocenters. The van der Waals surface area contributed by atoms with Crippen molar-refractivity contribution in [2.75, 3.05) is 7.11 Å². The maximum Gasteiger partial charge on any atom is 0.189 e. The van der Waals surface area contributed by atoms with Gasteiger partial charge in [-0.3, -0.25) is 4.79 Å². The van der Waals surface area contributed by atoms with Crippen LogP contribution in [0.1, 0.15) is 15.9 Å². The van der Waals surface area contributed by atoms with Gasteiger partial charge in [0, 0.05) is 5.56 Å². The van der Waals surface area contributed by atoms with E-state index in [1.807, 2.05) is 6.07 Å². The van der Waals surface area contributed by atoms with E-state index in [-0.39, 0.29) is 11.5 Å². The third-order valence-electron chi connectivity index (χ3n) is 2.72. The number of methoxy groups -OCH3 is 1. The average molecular weight is 254 g/mol. The molecule has 0 saturated carbocycles. The van der Waals surface area contributed by atoms with Gasteiger partial charge in [-0.25, -0.2) is 0 Å². The van der Waals surface area contributed by atoms with Crippen LogP contribution < -0.4 is 4.74 Å². The summed E-state index contributed by atoms with van der Waals surface area (Å²) in [6.45, 7) is 0. The molecule has 19 heavy (non-hydrogen) atoms. The van der Waals surface area contributed by atoms with Crippen LogP contribution in [0.3, 0.4) is 0 Å². The lowest BCUT2D eigenvalue weighted by Gasteiger charge is -2.04. The molecule has 0 aliphatic heterocycles. The van der Waals surface area contributed by atoms with Crippen molar-refractivity contribution in [3.63, 3.8) is 0 Å². The molecule has 0 aromatic heterocycles. The zero-order valence-electron chi connectivity index (χ0n) is 10.5. The van der Waals surface area contributed by atoms with Crippen molar-refractivity contribution in [2.24, 2.45) is 0 Å². The Balaban J connectivity index is 2.24. The van der Waals surface area contributed by atoms with Crippen LogP contribution in [0.25, 0.3) is 6.08 Å². The van der Waals surface area contributed by atoms with Crippen molar-refractivity contribution in [3.8, 4) is 11.5 Å². The van der Waals surface area contributed by atoms with Gasteiger partial charge in [-0.1, -0.05) is 30.3 Å². The summed E-state index contributed by atoms with van der Waals surface area (Å²) < 4.78 is 5.14. The number of para-hydroxylation sites is 2. The molecule has 0 bridgehead atoms. The van der Waals surface area contributed by atoms with Crippen LogP contribution in [0.2, 0.25) is 0 Å². The lowest BCUT2D eigenvalue weighted by Crippen LogP contribution is -1.98. The predicted molar refractivity (Wildman–Crippen MR) is 74.5 cm³/mol. The first kappa shape index (κ1) is 12.9. The van der Waals surface area contributed by atoms with E-state index < -0.39 is 0 Å². The second kappa shape index (κ2) is 5.87. The van der Waals surface area contributed by atoms with Crippen molar-refractivity contribution in [1.82, 2.24) is 0 Å². The van der Waals surface area contributed by atoms with Crippen LogP contribution in [0.4, 0.5) is 0 Å². The van der Waals surface area contributed by atoms with Gasteiger partial charge in [0.1, 0.15) is 11.5 Å². The first-order chi connectivity index (χ1) is 9.22. The van der Waals surface area contributed by atoms with E-state index in [0.717, 1.165) is 0 Å². The van der Waals surface area contributed by atoms with Crippen molar-refractivity contribution < 1.29 is 14.6 Å². The van der Waals surface area contributed by atoms with Gasteiger partial charge in [-0.15, -0.1) is 0 Å². The standard InChI is InChI=1S/C16H14O3/c1-19-16-9-5-3-7-13(16)15(18)11-10-12-6-2-4-8-14(12)17/h2-11,17H,1H3. The molecule has 0 fully saturated rings. The molecule has 96 valence electrons. The Labute approximate surface area is 111 Å². The number of ketones is 1. The van der Waals surface area contributed by atoms with Crippen molar-refractivity contribution in [1.29, 1.82) is 0 Å². The molecule has 2 aromatic carbocycles. The summed E-state index contributed by atoms with van der Waals surface area (Å²) in [5, 5.41) is 9.61. The molecule has 3 heteroatoms. The molecule has 0 aliphatic carbocycles. The molecule has 0 amide bonds. The number of hydrogen-bond donors (Lipinski definition) is 1. The highest BCUT2D eigenvalue weighted by atomic mass is 16.5. The van der Waals surface area contributed by atoms with Gasteiger partial charge in [0.25, 0.3) is 0 Å². The minimum absolute atomic E-state index is 0.145. The fourth-order valence-corrected chi connectivity index (χ4v) is 1.73. The Hall–Kier alpha value is -2.55. The van der Waals surface area contributed by atoms with Crippen molar-refractivity contribution >= 4 is 11.9 Å². The normalized spacial score (nSPS) is 10.6. The molecule has 0 saturated heterocycles. The zero-order valence-corrected chi connectivity index (χ0v) is 10.5. The number of hydrogen-bond acceptors (Lipinski definition) is 3. The van der Waals surface area contributed by atoms with Gasteiger partial charge in [-0.05, 0) is 30.4 Å². The van der Waals surface area contributed by atoms with Gasteiger partial charge in [-0.2, -0.15) is 0 Å². The second-order valence-electron chi connectivity index (χ2n) is 3.96. The van der Waals surface area contributed by atoms with Crippen LogP contribution in [-0.2, 0) is 0 Å². The second-order valence-corrected chi connectivity index (χ2v) is 3.96. The van der Waals surface area contributed by atoms with Crippen molar-refractivity contribution in [3.05, 3.63) is 65.7 Å². The predicted octanol–water partition coefficient (Wildman–Crippen LogP) is 3.30. The Morgan fingerprint density at radius 3 is 2.53 bits per heavy atom. The summed E-state index contributed by atoms with van der Waals surface area (Å²) in [6, 6.07) is 13.9. The number of phenols is 1. The number of benzene rings is 2. The van der Waals surface area contributed by atoms with E-state index in [4.69, 9.17) is 4.74 Å². The van der Waals surface area contributed by atoms with E-state index in [2.05, 4.69) is 0 Å². The molecule has 0 heterocycles. The van der Waals surface area contributed by atoms with Crippen LogP contribution in [-0.4, -0.2) is 18.0 Å². The monoisotopic (exact) mass is 254 g/mol.